The van der Waals surface area contributed by atoms with Crippen LogP contribution in [-0.4, -0.2) is 57.7 Å². The lowest BCUT2D eigenvalue weighted by atomic mass is 9.95. The zero-order valence-electron chi connectivity index (χ0n) is 17.0. The third kappa shape index (κ3) is 5.20. The van der Waals surface area contributed by atoms with Gasteiger partial charge in [0, 0.05) is 58.9 Å². The quantitative estimate of drug-likeness (QED) is 0.384. The van der Waals surface area contributed by atoms with E-state index < -0.39 is 6.04 Å². The predicted octanol–water partition coefficient (Wildman–Crippen LogP) is 1.48. The van der Waals surface area contributed by atoms with Crippen LogP contribution in [0.15, 0.2) is 18.2 Å². The molecule has 1 atom stereocenters. The van der Waals surface area contributed by atoms with Crippen molar-refractivity contribution in [2.24, 2.45) is 5.92 Å². The first-order chi connectivity index (χ1) is 14.0. The maximum Gasteiger partial charge on any atom is 0.243 e. The van der Waals surface area contributed by atoms with Crippen LogP contribution < -0.4 is 15.5 Å². The van der Waals surface area contributed by atoms with Crippen molar-refractivity contribution >= 4 is 23.8 Å². The lowest BCUT2D eigenvalue weighted by Gasteiger charge is -2.36. The molecule has 0 bridgehead atoms. The van der Waals surface area contributed by atoms with Gasteiger partial charge in [-0.1, -0.05) is 0 Å². The number of carbonyl (C=O) groups excluding carboxylic acids is 3. The summed E-state index contributed by atoms with van der Waals surface area (Å²) >= 11 is 0. The van der Waals surface area contributed by atoms with Crippen molar-refractivity contribution in [1.82, 2.24) is 10.6 Å². The summed E-state index contributed by atoms with van der Waals surface area (Å²) < 4.78 is 10.8. The minimum Gasteiger partial charge on any atom is -0.372 e. The average molecular weight is 405 g/mol. The Bertz CT molecular complexity index is 748. The number of methoxy groups -OCH3 is 2. The number of benzene rings is 1. The summed E-state index contributed by atoms with van der Waals surface area (Å²) in [5.74, 6) is -0.182. The molecule has 0 aromatic heterocycles. The lowest BCUT2D eigenvalue weighted by molar-refractivity contribution is -0.141. The first-order valence-corrected chi connectivity index (χ1v) is 10.0. The van der Waals surface area contributed by atoms with Crippen molar-refractivity contribution in [2.45, 2.75) is 44.6 Å². The van der Waals surface area contributed by atoms with Gasteiger partial charge >= 0.3 is 0 Å². The summed E-state index contributed by atoms with van der Waals surface area (Å²) in [4.78, 5) is 37.0. The van der Waals surface area contributed by atoms with Crippen molar-refractivity contribution in [2.75, 3.05) is 32.2 Å². The van der Waals surface area contributed by atoms with Crippen LogP contribution in [0.25, 0.3) is 0 Å². The van der Waals surface area contributed by atoms with Gasteiger partial charge in [-0.15, -0.1) is 0 Å². The van der Waals surface area contributed by atoms with Crippen molar-refractivity contribution in [3.05, 3.63) is 29.3 Å². The number of hydrogen-bond donors (Lipinski definition) is 2. The van der Waals surface area contributed by atoms with Crippen molar-refractivity contribution in [1.29, 1.82) is 0 Å². The lowest BCUT2D eigenvalue weighted by Crippen LogP contribution is -2.50. The Morgan fingerprint density at radius 3 is 2.59 bits per heavy atom. The molecule has 8 nitrogen and oxygen atoms in total. The van der Waals surface area contributed by atoms with Crippen LogP contribution in [0.1, 0.15) is 43.0 Å². The molecule has 2 N–H and O–H groups in total. The molecule has 1 unspecified atom stereocenters. The van der Waals surface area contributed by atoms with Crippen molar-refractivity contribution in [3.63, 3.8) is 0 Å². The maximum absolute atomic E-state index is 11.9. The molecule has 1 aromatic rings. The first kappa shape index (κ1) is 21.4. The molecule has 2 aliphatic heterocycles. The van der Waals surface area contributed by atoms with E-state index in [4.69, 9.17) is 9.47 Å². The van der Waals surface area contributed by atoms with E-state index in [0.717, 1.165) is 43.5 Å². The molecule has 0 spiro atoms. The minimum absolute atomic E-state index is 0. The standard InChI is InChI=1S/C21H29N3O5.H2/c1-28-21(29-2)14-7-9-24(10-8-14)17-4-3-15(13-25)16(11-17)12-22-18-5-6-19(26)23-20(18)27;/h3-4,11,13-14,18,21-22H,5-10,12H2,1-2H3,(H,23,26,27);1H. The first-order valence-electron chi connectivity index (χ1n) is 10.0. The summed E-state index contributed by atoms with van der Waals surface area (Å²) in [6.45, 7) is 2.16. The summed E-state index contributed by atoms with van der Waals surface area (Å²) in [7, 11) is 3.33. The Kier molecular flexibility index (Phi) is 7.35. The van der Waals surface area contributed by atoms with Gasteiger partial charge in [0.25, 0.3) is 0 Å². The van der Waals surface area contributed by atoms with Gasteiger partial charge < -0.3 is 19.7 Å². The van der Waals surface area contributed by atoms with Gasteiger partial charge in [0.15, 0.2) is 6.29 Å². The zero-order chi connectivity index (χ0) is 20.8. The molecule has 2 fully saturated rings. The van der Waals surface area contributed by atoms with E-state index in [1.54, 1.807) is 14.2 Å². The van der Waals surface area contributed by atoms with E-state index in [-0.39, 0.29) is 19.5 Å². The highest BCUT2D eigenvalue weighted by Gasteiger charge is 2.28. The Hall–Kier alpha value is -2.29. The van der Waals surface area contributed by atoms with Crippen LogP contribution in [0.3, 0.4) is 0 Å². The highest BCUT2D eigenvalue weighted by Crippen LogP contribution is 2.28. The van der Waals surface area contributed by atoms with Crippen LogP contribution in [0.2, 0.25) is 0 Å². The number of anilines is 1. The molecule has 3 rings (SSSR count). The van der Waals surface area contributed by atoms with E-state index in [1.807, 2.05) is 18.2 Å². The fraction of sp³-hybridized carbons (Fsp3) is 0.571. The van der Waals surface area contributed by atoms with Crippen LogP contribution in [0.5, 0.6) is 0 Å². The highest BCUT2D eigenvalue weighted by molar-refractivity contribution is 6.00. The molecule has 2 aliphatic rings. The fourth-order valence-electron chi connectivity index (χ4n) is 4.09. The number of imide groups is 1. The van der Waals surface area contributed by atoms with Gasteiger partial charge in [0.05, 0.1) is 6.04 Å². The SMILES string of the molecule is COC(OC)C1CCN(c2ccc(C=O)c(CNC3CCC(=O)NC3=O)c2)CC1.[HH]. The second kappa shape index (κ2) is 9.96. The molecule has 29 heavy (non-hydrogen) atoms. The number of nitrogens with one attached hydrogen (secondary N) is 2. The fourth-order valence-corrected chi connectivity index (χ4v) is 4.09. The van der Waals surface area contributed by atoms with E-state index >= 15 is 0 Å². The molecule has 2 saturated heterocycles. The van der Waals surface area contributed by atoms with Crippen LogP contribution in [-0.2, 0) is 25.6 Å². The van der Waals surface area contributed by atoms with Gasteiger partial charge in [-0.2, -0.15) is 0 Å². The van der Waals surface area contributed by atoms with Crippen LogP contribution in [0.4, 0.5) is 5.69 Å². The Balaban J connectivity index is 0.00000320. The van der Waals surface area contributed by atoms with Gasteiger partial charge in [-0.3, -0.25) is 19.7 Å². The van der Waals surface area contributed by atoms with Crippen LogP contribution >= 0.6 is 0 Å². The minimum atomic E-state index is -0.424. The number of hydrogen-bond acceptors (Lipinski definition) is 7. The van der Waals surface area contributed by atoms with E-state index in [0.29, 0.717) is 30.9 Å². The third-order valence-electron chi connectivity index (χ3n) is 5.79. The number of aldehydes is 1. The number of rotatable bonds is 8. The van der Waals surface area contributed by atoms with Crippen molar-refractivity contribution in [3.8, 4) is 0 Å². The number of nitrogens with zero attached hydrogens (tertiary/aromatic N) is 1. The summed E-state index contributed by atoms with van der Waals surface area (Å²) in [6.07, 6.45) is 3.37. The maximum atomic E-state index is 11.9. The molecule has 0 aliphatic carbocycles. The molecule has 1 aromatic carbocycles. The Morgan fingerprint density at radius 2 is 1.97 bits per heavy atom. The van der Waals surface area contributed by atoms with Crippen LogP contribution in [0, 0.1) is 5.92 Å². The van der Waals surface area contributed by atoms with E-state index in [9.17, 15) is 14.4 Å². The van der Waals surface area contributed by atoms with E-state index in [2.05, 4.69) is 15.5 Å². The third-order valence-corrected chi connectivity index (χ3v) is 5.79. The molecule has 0 radical (unpaired) electrons. The Labute approximate surface area is 172 Å². The zero-order valence-corrected chi connectivity index (χ0v) is 17.0. The van der Waals surface area contributed by atoms with Gasteiger partial charge in [0.1, 0.15) is 6.29 Å². The normalized spacial score (nSPS) is 20.8. The molecule has 8 heteroatoms. The van der Waals surface area contributed by atoms with Gasteiger partial charge in [-0.05, 0) is 43.0 Å². The smallest absolute Gasteiger partial charge is 0.243 e. The predicted molar refractivity (Wildman–Crippen MR) is 110 cm³/mol. The number of ether oxygens (including phenoxy) is 2. The second-order valence-electron chi connectivity index (χ2n) is 7.55. The topological polar surface area (TPSA) is 97.0 Å². The number of carbonyl (C=O) groups is 3. The molecule has 0 saturated carbocycles. The van der Waals surface area contributed by atoms with E-state index in [1.165, 1.54) is 0 Å². The summed E-state index contributed by atoms with van der Waals surface area (Å²) in [5, 5.41) is 5.52. The number of amides is 2. The number of piperidine rings is 2. The largest absolute Gasteiger partial charge is 0.372 e. The molecule has 2 heterocycles. The second-order valence-corrected chi connectivity index (χ2v) is 7.55. The monoisotopic (exact) mass is 405 g/mol. The molecular formula is C21H31N3O5. The molecule has 160 valence electrons. The molecular weight excluding hydrogens is 374 g/mol. The highest BCUT2D eigenvalue weighted by atomic mass is 16.7. The Morgan fingerprint density at radius 1 is 1.24 bits per heavy atom. The van der Waals surface area contributed by atoms with Crippen molar-refractivity contribution < 1.29 is 25.3 Å². The summed E-state index contributed by atoms with van der Waals surface area (Å²) in [6, 6.07) is 5.37. The van der Waals surface area contributed by atoms with Gasteiger partial charge in [0.2, 0.25) is 11.8 Å². The molecule has 2 amide bonds. The average Bonchev–Trinajstić information content (AvgIpc) is 2.74. The van der Waals surface area contributed by atoms with Gasteiger partial charge in [-0.25, -0.2) is 0 Å². The summed E-state index contributed by atoms with van der Waals surface area (Å²) in [5.41, 5.74) is 2.50.